The fraction of sp³-hybridized carbons (Fsp3) is 0.200. The third-order valence-corrected chi connectivity index (χ3v) is 4.83. The summed E-state index contributed by atoms with van der Waals surface area (Å²) in [5.41, 5.74) is 3.12. The Morgan fingerprint density at radius 1 is 1.08 bits per heavy atom. The van der Waals surface area contributed by atoms with Crippen LogP contribution in [0.15, 0.2) is 53.4 Å². The number of carbonyl (C=O) groups is 2. The van der Waals surface area contributed by atoms with Crippen LogP contribution in [0.2, 0.25) is 0 Å². The maximum Gasteiger partial charge on any atom is 0.293 e. The molecule has 0 saturated carbocycles. The molecule has 0 atom stereocenters. The van der Waals surface area contributed by atoms with Crippen LogP contribution < -0.4 is 4.74 Å². The first-order valence-corrected chi connectivity index (χ1v) is 8.87. The van der Waals surface area contributed by atoms with Gasteiger partial charge in [-0.15, -0.1) is 0 Å². The Morgan fingerprint density at radius 3 is 2.64 bits per heavy atom. The summed E-state index contributed by atoms with van der Waals surface area (Å²) in [6, 6.07) is 15.5. The molecule has 0 aromatic heterocycles. The highest BCUT2D eigenvalue weighted by atomic mass is 32.2. The zero-order chi connectivity index (χ0) is 17.8. The van der Waals surface area contributed by atoms with E-state index in [1.54, 1.807) is 6.08 Å². The number of carbonyl (C=O) groups excluding carboxylic acids is 2. The quantitative estimate of drug-likeness (QED) is 0.747. The normalized spacial score (nSPS) is 15.9. The molecule has 1 fully saturated rings. The van der Waals surface area contributed by atoms with Gasteiger partial charge in [0, 0.05) is 0 Å². The van der Waals surface area contributed by atoms with Gasteiger partial charge < -0.3 is 4.74 Å². The molecule has 5 heteroatoms. The Hall–Kier alpha value is -2.53. The van der Waals surface area contributed by atoms with E-state index in [9.17, 15) is 9.59 Å². The van der Waals surface area contributed by atoms with Gasteiger partial charge in [0.05, 0.1) is 11.4 Å². The topological polar surface area (TPSA) is 46.6 Å². The molecule has 0 aliphatic carbocycles. The predicted octanol–water partition coefficient (Wildman–Crippen LogP) is 4.42. The zero-order valence-corrected chi connectivity index (χ0v) is 15.0. The molecule has 0 radical (unpaired) electrons. The lowest BCUT2D eigenvalue weighted by Gasteiger charge is -2.13. The number of ether oxygens (including phenoxy) is 1. The molecule has 0 bridgehead atoms. The number of rotatable bonds is 5. The van der Waals surface area contributed by atoms with E-state index in [1.807, 2.05) is 62.4 Å². The minimum atomic E-state index is -0.258. The van der Waals surface area contributed by atoms with E-state index in [2.05, 4.69) is 0 Å². The molecule has 1 heterocycles. The van der Waals surface area contributed by atoms with Crippen molar-refractivity contribution in [3.63, 3.8) is 0 Å². The van der Waals surface area contributed by atoms with Crippen molar-refractivity contribution < 1.29 is 14.3 Å². The van der Waals surface area contributed by atoms with Crippen molar-refractivity contribution >= 4 is 29.0 Å². The predicted molar refractivity (Wildman–Crippen MR) is 101 cm³/mol. The number of amides is 2. The Bertz CT molecular complexity index is 844. The number of benzene rings is 2. The maximum atomic E-state index is 12.5. The average molecular weight is 353 g/mol. The second-order valence-corrected chi connectivity index (χ2v) is 6.85. The summed E-state index contributed by atoms with van der Waals surface area (Å²) in [6.07, 6.45) is 1.78. The molecule has 1 saturated heterocycles. The van der Waals surface area contributed by atoms with Gasteiger partial charge in [0.25, 0.3) is 11.1 Å². The van der Waals surface area contributed by atoms with Crippen LogP contribution in [0.25, 0.3) is 6.08 Å². The van der Waals surface area contributed by atoms with E-state index < -0.39 is 0 Å². The highest BCUT2D eigenvalue weighted by molar-refractivity contribution is 8.18. The van der Waals surface area contributed by atoms with Gasteiger partial charge in [-0.3, -0.25) is 14.5 Å². The highest BCUT2D eigenvalue weighted by Crippen LogP contribution is 2.32. The lowest BCUT2D eigenvalue weighted by molar-refractivity contribution is -0.123. The lowest BCUT2D eigenvalue weighted by atomic mass is 10.1. The third-order valence-electron chi connectivity index (χ3n) is 3.92. The first-order valence-electron chi connectivity index (χ1n) is 8.05. The molecule has 1 aliphatic heterocycles. The molecule has 128 valence electrons. The maximum absolute atomic E-state index is 12.5. The third kappa shape index (κ3) is 4.12. The molecule has 2 aromatic carbocycles. The van der Waals surface area contributed by atoms with Crippen molar-refractivity contribution in [1.29, 1.82) is 0 Å². The molecular formula is C20H19NO3S. The first kappa shape index (κ1) is 17.3. The molecule has 0 N–H and O–H groups in total. The standard InChI is InChI=1S/C20H19NO3S/c1-14-6-5-9-17(12-14)24-11-10-21-19(22)18(25-20(21)23)13-16-8-4-3-7-15(16)2/h3-9,12-13H,10-11H2,1-2H3/b18-13-. The van der Waals surface area contributed by atoms with Gasteiger partial charge in [-0.1, -0.05) is 36.4 Å². The molecule has 4 nitrogen and oxygen atoms in total. The van der Waals surface area contributed by atoms with E-state index in [-0.39, 0.29) is 24.3 Å². The van der Waals surface area contributed by atoms with Gasteiger partial charge in [-0.2, -0.15) is 0 Å². The van der Waals surface area contributed by atoms with Crippen molar-refractivity contribution in [3.8, 4) is 5.75 Å². The summed E-state index contributed by atoms with van der Waals surface area (Å²) in [6.45, 7) is 4.48. The highest BCUT2D eigenvalue weighted by Gasteiger charge is 2.34. The summed E-state index contributed by atoms with van der Waals surface area (Å²) in [5.74, 6) is 0.480. The summed E-state index contributed by atoms with van der Waals surface area (Å²) < 4.78 is 5.64. The van der Waals surface area contributed by atoms with Crippen molar-refractivity contribution in [3.05, 3.63) is 70.1 Å². The number of hydrogen-bond acceptors (Lipinski definition) is 4. The van der Waals surface area contributed by atoms with Crippen molar-refractivity contribution in [2.24, 2.45) is 0 Å². The van der Waals surface area contributed by atoms with E-state index in [1.165, 1.54) is 4.90 Å². The summed E-state index contributed by atoms with van der Waals surface area (Å²) in [4.78, 5) is 26.3. The van der Waals surface area contributed by atoms with Crippen LogP contribution in [-0.4, -0.2) is 29.2 Å². The number of imide groups is 1. The second kappa shape index (κ2) is 7.57. The van der Waals surface area contributed by atoms with Gasteiger partial charge in [0.2, 0.25) is 0 Å². The Kier molecular flexibility index (Phi) is 5.24. The van der Waals surface area contributed by atoms with Crippen LogP contribution in [0, 0.1) is 13.8 Å². The van der Waals surface area contributed by atoms with Gasteiger partial charge >= 0.3 is 0 Å². The molecule has 2 aromatic rings. The van der Waals surface area contributed by atoms with Crippen LogP contribution in [-0.2, 0) is 4.79 Å². The van der Waals surface area contributed by atoms with E-state index in [0.29, 0.717) is 4.91 Å². The van der Waals surface area contributed by atoms with Gasteiger partial charge in [0.1, 0.15) is 12.4 Å². The number of nitrogens with zero attached hydrogens (tertiary/aromatic N) is 1. The molecule has 0 spiro atoms. The molecule has 2 amide bonds. The number of aryl methyl sites for hydroxylation is 2. The van der Waals surface area contributed by atoms with Crippen molar-refractivity contribution in [2.75, 3.05) is 13.2 Å². The molecule has 1 aliphatic rings. The lowest BCUT2D eigenvalue weighted by Crippen LogP contribution is -2.32. The average Bonchev–Trinajstić information content (AvgIpc) is 2.84. The summed E-state index contributed by atoms with van der Waals surface area (Å²) in [7, 11) is 0. The zero-order valence-electron chi connectivity index (χ0n) is 14.2. The molecule has 0 unspecified atom stereocenters. The van der Waals surface area contributed by atoms with Crippen LogP contribution in [0.1, 0.15) is 16.7 Å². The van der Waals surface area contributed by atoms with Crippen LogP contribution in [0.5, 0.6) is 5.75 Å². The molecule has 25 heavy (non-hydrogen) atoms. The van der Waals surface area contributed by atoms with Crippen LogP contribution >= 0.6 is 11.8 Å². The Morgan fingerprint density at radius 2 is 1.88 bits per heavy atom. The SMILES string of the molecule is Cc1cccc(OCCN2C(=O)S/C(=C\c3ccccc3C)C2=O)c1. The number of thioether (sulfide) groups is 1. The van der Waals surface area contributed by atoms with E-state index >= 15 is 0 Å². The smallest absolute Gasteiger partial charge is 0.293 e. The van der Waals surface area contributed by atoms with Crippen LogP contribution in [0.3, 0.4) is 0 Å². The van der Waals surface area contributed by atoms with Crippen LogP contribution in [0.4, 0.5) is 4.79 Å². The Labute approximate surface area is 151 Å². The minimum absolute atomic E-state index is 0.240. The van der Waals surface area contributed by atoms with Gasteiger partial charge in [-0.05, 0) is 60.5 Å². The van der Waals surface area contributed by atoms with Crippen molar-refractivity contribution in [2.45, 2.75) is 13.8 Å². The Balaban J connectivity index is 1.64. The fourth-order valence-corrected chi connectivity index (χ4v) is 3.40. The largest absolute Gasteiger partial charge is 0.492 e. The summed E-state index contributed by atoms with van der Waals surface area (Å²) >= 11 is 0.977. The van der Waals surface area contributed by atoms with Gasteiger partial charge in [-0.25, -0.2) is 0 Å². The van der Waals surface area contributed by atoms with Gasteiger partial charge in [0.15, 0.2) is 0 Å². The van der Waals surface area contributed by atoms with Crippen molar-refractivity contribution in [1.82, 2.24) is 4.90 Å². The fourth-order valence-electron chi connectivity index (χ4n) is 2.54. The molecular weight excluding hydrogens is 334 g/mol. The number of hydrogen-bond donors (Lipinski definition) is 0. The first-order chi connectivity index (χ1) is 12.0. The van der Waals surface area contributed by atoms with E-state index in [0.717, 1.165) is 34.2 Å². The molecule has 3 rings (SSSR count). The second-order valence-electron chi connectivity index (χ2n) is 5.85. The monoisotopic (exact) mass is 353 g/mol. The minimum Gasteiger partial charge on any atom is -0.492 e. The summed E-state index contributed by atoms with van der Waals surface area (Å²) in [5, 5.41) is -0.252. The van der Waals surface area contributed by atoms with E-state index in [4.69, 9.17) is 4.74 Å².